The third-order valence-corrected chi connectivity index (χ3v) is 24.8. The molecule has 9 aromatic carbocycles. The Morgan fingerprint density at radius 3 is 0.645 bits per heavy atom. The highest BCUT2D eigenvalue weighted by atomic mass is 16.5. The highest BCUT2D eigenvalue weighted by Gasteiger charge is 2.25. The molecule has 124 heavy (non-hydrogen) atoms. The van der Waals surface area contributed by atoms with Crippen molar-refractivity contribution in [3.8, 4) is 69.6 Å². The van der Waals surface area contributed by atoms with Gasteiger partial charge in [-0.2, -0.15) is 10.5 Å². The van der Waals surface area contributed by atoms with Crippen molar-refractivity contribution in [1.82, 2.24) is 0 Å². The lowest BCUT2D eigenvalue weighted by Crippen LogP contribution is -2.13. The first-order chi connectivity index (χ1) is 61.0. The van der Waals surface area contributed by atoms with Crippen LogP contribution < -0.4 is 47.4 Å². The molecule has 0 N–H and O–H groups in total. The quantitative estimate of drug-likeness (QED) is 0.0155. The van der Waals surface area contributed by atoms with Crippen LogP contribution in [0.3, 0.4) is 0 Å². The molecule has 674 valence electrons. The zero-order valence-corrected chi connectivity index (χ0v) is 78.9. The molecule has 2 unspecified atom stereocenters. The maximum atomic E-state index is 11.9. The van der Waals surface area contributed by atoms with E-state index < -0.39 is 0 Å². The smallest absolute Gasteiger partial charge is 0.161 e. The van der Waals surface area contributed by atoms with E-state index in [1.165, 1.54) is 0 Å². The van der Waals surface area contributed by atoms with Crippen LogP contribution in [0.1, 0.15) is 362 Å². The van der Waals surface area contributed by atoms with Crippen molar-refractivity contribution in [2.75, 3.05) is 66.1 Å². The number of fused-ring (bicyclic) bond motifs is 12. The van der Waals surface area contributed by atoms with E-state index in [-0.39, 0.29) is 11.8 Å². The molecule has 0 saturated carbocycles. The zero-order valence-electron chi connectivity index (χ0n) is 78.9. The van der Waals surface area contributed by atoms with E-state index in [4.69, 9.17) is 47.4 Å². The van der Waals surface area contributed by atoms with Crippen molar-refractivity contribution in [3.05, 3.63) is 119 Å². The fourth-order valence-electron chi connectivity index (χ4n) is 16.9. The Labute approximate surface area is 748 Å². The first-order valence-electron chi connectivity index (χ1n) is 49.7. The highest BCUT2D eigenvalue weighted by molar-refractivity contribution is 6.28. The molecule has 2 atom stereocenters. The molecule has 0 aromatic heterocycles. The Kier molecular flexibility index (Phi) is 44.7. The summed E-state index contributed by atoms with van der Waals surface area (Å²) in [6, 6.07) is 40.2. The van der Waals surface area contributed by atoms with Gasteiger partial charge in [0.1, 0.15) is 11.5 Å². The largest absolute Gasteiger partial charge is 0.493 e. The Morgan fingerprint density at radius 2 is 0.444 bits per heavy atom. The normalized spacial score (nSPS) is 12.4. The molecule has 0 aliphatic rings. The molecule has 9 rings (SSSR count). The lowest BCUT2D eigenvalue weighted by Gasteiger charge is -2.21. The fourth-order valence-corrected chi connectivity index (χ4v) is 16.9. The average Bonchev–Trinajstić information content (AvgIpc) is 0.732. The predicted molar refractivity (Wildman–Crippen MR) is 526 cm³/mol. The lowest BCUT2D eigenvalue weighted by atomic mass is 9.90. The number of allylic oxidation sites excluding steroid dienone is 2. The molecule has 0 spiro atoms. The minimum absolute atomic E-state index is 0.286. The second-order valence-corrected chi connectivity index (χ2v) is 34.9. The monoisotopic (exact) mass is 1690 g/mol. The summed E-state index contributed by atoms with van der Waals surface area (Å²) in [5.74, 6) is 7.66. The topological polar surface area (TPSA) is 140 Å². The number of benzene rings is 9. The Hall–Kier alpha value is -9.00. The number of nitrogens with zero attached hydrogens (tertiary/aromatic N) is 2. The molecule has 12 heteroatoms. The Morgan fingerprint density at radius 1 is 0.234 bits per heavy atom. The summed E-state index contributed by atoms with van der Waals surface area (Å²) in [4.78, 5) is 0. The van der Waals surface area contributed by atoms with Gasteiger partial charge in [-0.05, 0) is 237 Å². The van der Waals surface area contributed by atoms with Gasteiger partial charge in [0.25, 0.3) is 0 Å². The van der Waals surface area contributed by atoms with Crippen molar-refractivity contribution in [2.24, 2.45) is 11.8 Å². The minimum atomic E-state index is 0.286. The van der Waals surface area contributed by atoms with Crippen molar-refractivity contribution >= 4 is 87.9 Å². The van der Waals surface area contributed by atoms with Crippen LogP contribution >= 0.6 is 0 Å². The average molecular weight is 1690 g/mol. The molecule has 0 aliphatic heterocycles. The first kappa shape index (κ1) is 98.8. The van der Waals surface area contributed by atoms with Gasteiger partial charge in [0.2, 0.25) is 0 Å². The van der Waals surface area contributed by atoms with Crippen molar-refractivity contribution in [3.63, 3.8) is 0 Å². The van der Waals surface area contributed by atoms with Gasteiger partial charge in [-0.3, -0.25) is 0 Å². The van der Waals surface area contributed by atoms with Crippen LogP contribution in [0.15, 0.2) is 97.1 Å². The van der Waals surface area contributed by atoms with Gasteiger partial charge in [-0.25, -0.2) is 0 Å². The molecule has 0 bridgehead atoms. The summed E-state index contributed by atoms with van der Waals surface area (Å²) in [6.45, 7) is 32.5. The van der Waals surface area contributed by atoms with Gasteiger partial charge in [-0.15, -0.1) is 0 Å². The Balaban J connectivity index is 1.29. The van der Waals surface area contributed by atoms with E-state index in [2.05, 4.69) is 192 Å². The van der Waals surface area contributed by atoms with Crippen molar-refractivity contribution in [2.45, 2.75) is 340 Å². The second kappa shape index (κ2) is 56.2. The number of hydrogen-bond acceptors (Lipinski definition) is 12. The number of nitriles is 2. The summed E-state index contributed by atoms with van der Waals surface area (Å²) in [5, 5.41) is 35.9. The van der Waals surface area contributed by atoms with Crippen LogP contribution in [0.25, 0.3) is 87.9 Å². The van der Waals surface area contributed by atoms with E-state index in [1.807, 2.05) is 12.2 Å². The summed E-state index contributed by atoms with van der Waals surface area (Å²) < 4.78 is 69.1. The molecule has 0 aliphatic carbocycles. The van der Waals surface area contributed by atoms with Crippen LogP contribution in [0, 0.1) is 34.5 Å². The lowest BCUT2D eigenvalue weighted by molar-refractivity contribution is 0.227. The molecule has 0 amide bonds. The SMILES string of the molecule is CCCCCCOc1cc2c3ccc(/C(C#N)=C/c4cc(OCC(CC)CCCC)c(/C=C(\C#N)c5ccc6c(c5)c5cc(OCCCCCC)c(OCCCCCC)cc5c5cc(OCCCCCC)c(OCCCCCC)cc65)cc4OCC(CC)CCCC)cc3c3cc(OCCCCCC)c(OCCCCCC)cc3c2cc1OCCCCCC. The van der Waals surface area contributed by atoms with Crippen molar-refractivity contribution < 1.29 is 47.4 Å². The third kappa shape index (κ3) is 29.6. The number of hydrogen-bond donors (Lipinski definition) is 0. The Bertz CT molecular complexity index is 4540. The zero-order chi connectivity index (χ0) is 87.9. The van der Waals surface area contributed by atoms with Crippen molar-refractivity contribution in [1.29, 1.82) is 10.5 Å². The van der Waals surface area contributed by atoms with Gasteiger partial charge in [0.15, 0.2) is 46.0 Å². The summed E-state index contributed by atoms with van der Waals surface area (Å²) in [5.41, 5.74) is 3.86. The van der Waals surface area contributed by atoms with E-state index in [0.717, 1.165) is 379 Å². The second-order valence-electron chi connectivity index (χ2n) is 34.9. The highest BCUT2D eigenvalue weighted by Crippen LogP contribution is 2.49. The summed E-state index contributed by atoms with van der Waals surface area (Å²) >= 11 is 0. The fraction of sp³-hybridized carbons (Fsp3) is 0.571. The van der Waals surface area contributed by atoms with Gasteiger partial charge in [0.05, 0.1) is 89.4 Å². The molecule has 0 radical (unpaired) electrons. The van der Waals surface area contributed by atoms with Crippen LogP contribution in [-0.2, 0) is 0 Å². The standard InChI is InChI=1S/C112H156N2O10/c1-13-25-35-43-57-115-105-71-95-91-55-53-85(67-93(91)97-73-107(117-59-45-37-27-15-3)111(121-63-49-41-31-19-7)77-101(97)99(95)75-109(105)119-61-47-39-29-17-5)89(79-113)65-87-69-104(124-82-84(24-12)52-34-22-10)88(70-103(87)123-81-83(23-11)51-33-21-9)66-90(80-114)86-54-56-92-94(68-86)98-74-108(118-60-46-38-28-16-4)112(122-64-50-42-32-20-8)78-102(98)100-76-110(120-62-48-40-30-18-6)106(72-96(92)100)116-58-44-36-26-14-2/h53-56,65-78,83-84H,13-52,57-64,81-82H2,1-12H3/b89-65+,90-66+. The molecule has 9 aromatic rings. The van der Waals surface area contributed by atoms with Crippen LogP contribution in [0.2, 0.25) is 0 Å². The molecular formula is C112H156N2O10. The van der Waals surface area contributed by atoms with Crippen LogP contribution in [0.5, 0.6) is 57.5 Å². The first-order valence-corrected chi connectivity index (χ1v) is 49.7. The maximum Gasteiger partial charge on any atom is 0.161 e. The molecule has 12 nitrogen and oxygen atoms in total. The minimum Gasteiger partial charge on any atom is -0.493 e. The third-order valence-electron chi connectivity index (χ3n) is 24.8. The summed E-state index contributed by atoms with van der Waals surface area (Å²) in [6.07, 6.45) is 47.0. The molecule has 0 saturated heterocycles. The molecule has 0 fully saturated rings. The van der Waals surface area contributed by atoms with Crippen LogP contribution in [0.4, 0.5) is 0 Å². The molecule has 0 heterocycles. The molecular weight excluding hydrogens is 1530 g/mol. The van der Waals surface area contributed by atoms with Gasteiger partial charge in [-0.1, -0.05) is 300 Å². The van der Waals surface area contributed by atoms with Crippen LogP contribution in [-0.4, -0.2) is 66.1 Å². The van der Waals surface area contributed by atoms with Gasteiger partial charge >= 0.3 is 0 Å². The number of unbranched alkanes of at least 4 members (excludes halogenated alkanes) is 26. The van der Waals surface area contributed by atoms with E-state index >= 15 is 0 Å². The number of ether oxygens (including phenoxy) is 10. The number of rotatable bonds is 66. The predicted octanol–water partition coefficient (Wildman–Crippen LogP) is 33.6. The summed E-state index contributed by atoms with van der Waals surface area (Å²) in [7, 11) is 0. The van der Waals surface area contributed by atoms with Gasteiger partial charge in [0, 0.05) is 11.1 Å². The van der Waals surface area contributed by atoms with Gasteiger partial charge < -0.3 is 47.4 Å². The van der Waals surface area contributed by atoms with E-state index in [1.54, 1.807) is 0 Å². The van der Waals surface area contributed by atoms with E-state index in [0.29, 0.717) is 99.8 Å². The van der Waals surface area contributed by atoms with E-state index in [9.17, 15) is 10.5 Å². The maximum absolute atomic E-state index is 11.9.